The molecule has 0 heterocycles. The number of hydrogen-bond donors (Lipinski definition) is 1. The van der Waals surface area contributed by atoms with Gasteiger partial charge in [-0.3, -0.25) is 4.79 Å². The van der Waals surface area contributed by atoms with E-state index in [0.717, 1.165) is 19.5 Å². The Morgan fingerprint density at radius 2 is 2.25 bits per heavy atom. The first-order chi connectivity index (χ1) is 5.72. The third kappa shape index (κ3) is 5.09. The Morgan fingerprint density at radius 3 is 2.75 bits per heavy atom. The minimum Gasteiger partial charge on any atom is -0.375 e. The van der Waals surface area contributed by atoms with Crippen molar-refractivity contribution in [2.24, 2.45) is 0 Å². The summed E-state index contributed by atoms with van der Waals surface area (Å²) in [5, 5.41) is 3.02. The third-order valence-corrected chi connectivity index (χ3v) is 1.61. The first-order valence-electron chi connectivity index (χ1n) is 4.10. The lowest BCUT2D eigenvalue weighted by Gasteiger charge is -2.16. The summed E-state index contributed by atoms with van der Waals surface area (Å²) in [6.45, 7) is 1.89. The summed E-state index contributed by atoms with van der Waals surface area (Å²) >= 11 is 0. The van der Waals surface area contributed by atoms with Gasteiger partial charge in [-0.25, -0.2) is 0 Å². The van der Waals surface area contributed by atoms with Crippen molar-refractivity contribution in [1.29, 1.82) is 0 Å². The predicted molar refractivity (Wildman–Crippen MR) is 48.1 cm³/mol. The second-order valence-corrected chi connectivity index (χ2v) is 2.71. The van der Waals surface area contributed by atoms with Crippen LogP contribution in [0.5, 0.6) is 0 Å². The minimum absolute atomic E-state index is 0.0357. The molecule has 4 nitrogen and oxygen atoms in total. The van der Waals surface area contributed by atoms with E-state index < -0.39 is 0 Å². The zero-order valence-electron chi connectivity index (χ0n) is 8.09. The molecule has 0 unspecified atom stereocenters. The van der Waals surface area contributed by atoms with Gasteiger partial charge in [0, 0.05) is 20.7 Å². The number of hydrogen-bond acceptors (Lipinski definition) is 3. The second kappa shape index (κ2) is 7.06. The van der Waals surface area contributed by atoms with Crippen molar-refractivity contribution in [2.45, 2.75) is 6.42 Å². The lowest BCUT2D eigenvalue weighted by atomic mass is 10.4. The van der Waals surface area contributed by atoms with Crippen LogP contribution >= 0.6 is 0 Å². The van der Waals surface area contributed by atoms with E-state index in [1.807, 2.05) is 7.05 Å². The van der Waals surface area contributed by atoms with Crippen LogP contribution in [0.25, 0.3) is 0 Å². The zero-order valence-corrected chi connectivity index (χ0v) is 8.09. The molecule has 0 aromatic carbocycles. The Morgan fingerprint density at radius 1 is 1.58 bits per heavy atom. The number of ether oxygens (including phenoxy) is 1. The fourth-order valence-electron chi connectivity index (χ4n) is 0.851. The molecule has 0 aromatic heterocycles. The molecular formula is C8H18N2O2. The van der Waals surface area contributed by atoms with E-state index in [9.17, 15) is 4.79 Å². The van der Waals surface area contributed by atoms with E-state index in [1.54, 1.807) is 11.9 Å². The first-order valence-corrected chi connectivity index (χ1v) is 4.10. The molecule has 0 aliphatic heterocycles. The normalized spacial score (nSPS) is 9.92. The van der Waals surface area contributed by atoms with Gasteiger partial charge in [0.2, 0.25) is 5.91 Å². The summed E-state index contributed by atoms with van der Waals surface area (Å²) in [6.07, 6.45) is 0.975. The number of carbonyl (C=O) groups excluding carboxylic acids is 1. The number of methoxy groups -OCH3 is 1. The number of amides is 1. The molecule has 1 amide bonds. The van der Waals surface area contributed by atoms with Crippen molar-refractivity contribution >= 4 is 5.91 Å². The molecule has 4 heteroatoms. The van der Waals surface area contributed by atoms with E-state index >= 15 is 0 Å². The van der Waals surface area contributed by atoms with Gasteiger partial charge in [-0.15, -0.1) is 0 Å². The van der Waals surface area contributed by atoms with Gasteiger partial charge in [0.25, 0.3) is 0 Å². The molecule has 72 valence electrons. The Labute approximate surface area is 73.9 Å². The number of nitrogens with zero attached hydrogens (tertiary/aromatic N) is 1. The average molecular weight is 174 g/mol. The molecule has 0 aliphatic rings. The molecule has 0 saturated carbocycles. The Bertz CT molecular complexity index is 128. The molecule has 0 aliphatic carbocycles. The molecule has 0 spiro atoms. The Hall–Kier alpha value is -0.610. The lowest BCUT2D eigenvalue weighted by Crippen LogP contribution is -2.32. The van der Waals surface area contributed by atoms with Crippen LogP contribution in [0.3, 0.4) is 0 Å². The summed E-state index contributed by atoms with van der Waals surface area (Å²) in [7, 11) is 5.22. The largest absolute Gasteiger partial charge is 0.375 e. The Kier molecular flexibility index (Phi) is 6.70. The molecule has 0 radical (unpaired) electrons. The van der Waals surface area contributed by atoms with Crippen LogP contribution in [0.1, 0.15) is 6.42 Å². The van der Waals surface area contributed by atoms with Crippen LogP contribution in [0, 0.1) is 0 Å². The highest BCUT2D eigenvalue weighted by molar-refractivity contribution is 5.77. The van der Waals surface area contributed by atoms with Crippen LogP contribution in [-0.2, 0) is 9.53 Å². The van der Waals surface area contributed by atoms with Crippen LogP contribution in [0.4, 0.5) is 0 Å². The maximum Gasteiger partial charge on any atom is 0.248 e. The third-order valence-electron chi connectivity index (χ3n) is 1.61. The smallest absolute Gasteiger partial charge is 0.248 e. The monoisotopic (exact) mass is 174 g/mol. The van der Waals surface area contributed by atoms with Gasteiger partial charge >= 0.3 is 0 Å². The summed E-state index contributed by atoms with van der Waals surface area (Å²) in [4.78, 5) is 12.8. The fraction of sp³-hybridized carbons (Fsp3) is 0.875. The maximum atomic E-state index is 11.1. The second-order valence-electron chi connectivity index (χ2n) is 2.71. The van der Waals surface area contributed by atoms with E-state index in [-0.39, 0.29) is 12.5 Å². The summed E-state index contributed by atoms with van der Waals surface area (Å²) in [6, 6.07) is 0. The van der Waals surface area contributed by atoms with Gasteiger partial charge in [0.1, 0.15) is 6.61 Å². The SMILES string of the molecule is CNCCCN(C)C(=O)COC. The van der Waals surface area contributed by atoms with Gasteiger partial charge in [0.05, 0.1) is 0 Å². The van der Waals surface area contributed by atoms with Gasteiger partial charge in [-0.05, 0) is 20.0 Å². The highest BCUT2D eigenvalue weighted by atomic mass is 16.5. The predicted octanol–water partition coefficient (Wildman–Crippen LogP) is -0.299. The van der Waals surface area contributed by atoms with Crippen molar-refractivity contribution in [3.63, 3.8) is 0 Å². The zero-order chi connectivity index (χ0) is 9.40. The van der Waals surface area contributed by atoms with Gasteiger partial charge in [-0.2, -0.15) is 0 Å². The molecule has 0 bridgehead atoms. The fourth-order valence-corrected chi connectivity index (χ4v) is 0.851. The highest BCUT2D eigenvalue weighted by Crippen LogP contribution is 1.88. The van der Waals surface area contributed by atoms with Crippen molar-refractivity contribution in [3.05, 3.63) is 0 Å². The number of rotatable bonds is 6. The molecule has 12 heavy (non-hydrogen) atoms. The van der Waals surface area contributed by atoms with Gasteiger partial charge in [-0.1, -0.05) is 0 Å². The minimum atomic E-state index is 0.0357. The van der Waals surface area contributed by atoms with Crippen LogP contribution in [-0.4, -0.2) is 51.7 Å². The molecule has 0 fully saturated rings. The van der Waals surface area contributed by atoms with E-state index in [2.05, 4.69) is 5.32 Å². The van der Waals surface area contributed by atoms with Crippen molar-refractivity contribution in [1.82, 2.24) is 10.2 Å². The average Bonchev–Trinajstić information content (AvgIpc) is 2.05. The molecule has 1 N–H and O–H groups in total. The maximum absolute atomic E-state index is 11.1. The van der Waals surface area contributed by atoms with Crippen LogP contribution < -0.4 is 5.32 Å². The van der Waals surface area contributed by atoms with Crippen molar-refractivity contribution in [2.75, 3.05) is 40.9 Å². The van der Waals surface area contributed by atoms with Crippen molar-refractivity contribution < 1.29 is 9.53 Å². The van der Waals surface area contributed by atoms with E-state index in [0.29, 0.717) is 0 Å². The lowest BCUT2D eigenvalue weighted by molar-refractivity contribution is -0.133. The molecule has 0 saturated heterocycles. The van der Waals surface area contributed by atoms with Gasteiger partial charge in [0.15, 0.2) is 0 Å². The molecule has 0 rings (SSSR count). The summed E-state index contributed by atoms with van der Waals surface area (Å²) < 4.78 is 4.72. The quantitative estimate of drug-likeness (QED) is 0.562. The highest BCUT2D eigenvalue weighted by Gasteiger charge is 2.05. The van der Waals surface area contributed by atoms with Crippen molar-refractivity contribution in [3.8, 4) is 0 Å². The topological polar surface area (TPSA) is 41.6 Å². The number of nitrogens with one attached hydrogen (secondary N) is 1. The van der Waals surface area contributed by atoms with Gasteiger partial charge < -0.3 is 15.0 Å². The molecule has 0 atom stereocenters. The van der Waals surface area contributed by atoms with E-state index in [1.165, 1.54) is 7.11 Å². The standard InChI is InChI=1S/C8H18N2O2/c1-9-5-4-6-10(2)8(11)7-12-3/h9H,4-7H2,1-3H3. The summed E-state index contributed by atoms with van der Waals surface area (Å²) in [5.74, 6) is 0.0357. The molecular weight excluding hydrogens is 156 g/mol. The number of likely N-dealkylation sites (N-methyl/N-ethyl adjacent to an activating group) is 1. The van der Waals surface area contributed by atoms with Crippen LogP contribution in [0.15, 0.2) is 0 Å². The number of carbonyl (C=O) groups is 1. The van der Waals surface area contributed by atoms with E-state index in [4.69, 9.17) is 4.74 Å². The Balaban J connectivity index is 3.42. The van der Waals surface area contributed by atoms with Crippen LogP contribution in [0.2, 0.25) is 0 Å². The first kappa shape index (κ1) is 11.4. The summed E-state index contributed by atoms with van der Waals surface area (Å²) in [5.41, 5.74) is 0. The molecule has 0 aromatic rings.